The van der Waals surface area contributed by atoms with Crippen molar-refractivity contribution in [3.63, 3.8) is 0 Å². The highest BCUT2D eigenvalue weighted by Crippen LogP contribution is 2.13. The molecule has 0 saturated heterocycles. The highest BCUT2D eigenvalue weighted by atomic mass is 16.3. The van der Waals surface area contributed by atoms with Crippen molar-refractivity contribution >= 4 is 17.5 Å². The summed E-state index contributed by atoms with van der Waals surface area (Å²) in [5, 5.41) is 9.51. The van der Waals surface area contributed by atoms with Gasteiger partial charge in [-0.3, -0.25) is 4.79 Å². The SMILES string of the molecule is CC(=O)C[C@@H](O)/C=C/c1ccc(N(C)C)cc1. The molecule has 0 fully saturated rings. The number of ketones is 1. The molecule has 0 amide bonds. The standard InChI is InChI=1S/C14H19NO2/c1-11(16)10-14(17)9-6-12-4-7-13(8-5-12)15(2)3/h4-9,14,17H,10H2,1-3H3/b9-6+/t14-/m0/s1. The van der Waals surface area contributed by atoms with Gasteiger partial charge < -0.3 is 10.0 Å². The van der Waals surface area contributed by atoms with E-state index in [-0.39, 0.29) is 12.2 Å². The lowest BCUT2D eigenvalue weighted by molar-refractivity contribution is -0.118. The molecule has 1 aromatic rings. The molecule has 0 bridgehead atoms. The molecule has 0 aromatic heterocycles. The van der Waals surface area contributed by atoms with E-state index in [2.05, 4.69) is 0 Å². The monoisotopic (exact) mass is 233 g/mol. The van der Waals surface area contributed by atoms with Crippen LogP contribution in [0.4, 0.5) is 5.69 Å². The Bertz CT molecular complexity index is 393. The van der Waals surface area contributed by atoms with Crippen LogP contribution in [0.15, 0.2) is 30.3 Å². The van der Waals surface area contributed by atoms with E-state index in [1.54, 1.807) is 6.08 Å². The molecule has 0 aliphatic heterocycles. The van der Waals surface area contributed by atoms with E-state index in [0.717, 1.165) is 11.3 Å². The Morgan fingerprint density at radius 1 is 1.35 bits per heavy atom. The molecule has 0 aliphatic rings. The van der Waals surface area contributed by atoms with Gasteiger partial charge in [0.05, 0.1) is 6.10 Å². The number of Topliss-reactive ketones (excluding diaryl/α,β-unsaturated/α-hetero) is 1. The smallest absolute Gasteiger partial charge is 0.132 e. The van der Waals surface area contributed by atoms with Crippen molar-refractivity contribution in [2.24, 2.45) is 0 Å². The second kappa shape index (κ2) is 6.21. The van der Waals surface area contributed by atoms with Gasteiger partial charge in [0, 0.05) is 26.2 Å². The van der Waals surface area contributed by atoms with Crippen molar-refractivity contribution < 1.29 is 9.90 Å². The summed E-state index contributed by atoms with van der Waals surface area (Å²) in [6.45, 7) is 1.48. The van der Waals surface area contributed by atoms with Gasteiger partial charge in [0.25, 0.3) is 0 Å². The third-order valence-corrected chi connectivity index (χ3v) is 2.42. The van der Waals surface area contributed by atoms with Crippen LogP contribution >= 0.6 is 0 Å². The van der Waals surface area contributed by atoms with E-state index in [9.17, 15) is 9.90 Å². The first-order chi connectivity index (χ1) is 7.99. The third kappa shape index (κ3) is 4.83. The summed E-state index contributed by atoms with van der Waals surface area (Å²) in [5.74, 6) is -0.00916. The largest absolute Gasteiger partial charge is 0.389 e. The van der Waals surface area contributed by atoms with Crippen LogP contribution in [0.5, 0.6) is 0 Å². The molecule has 0 unspecified atom stereocenters. The van der Waals surface area contributed by atoms with Crippen molar-refractivity contribution in [1.29, 1.82) is 0 Å². The number of aliphatic hydroxyl groups is 1. The minimum absolute atomic E-state index is 0.00916. The second-order valence-electron chi connectivity index (χ2n) is 4.32. The van der Waals surface area contributed by atoms with Crippen LogP contribution in [0.2, 0.25) is 0 Å². The number of carbonyl (C=O) groups is 1. The quantitative estimate of drug-likeness (QED) is 0.846. The Morgan fingerprint density at radius 3 is 2.41 bits per heavy atom. The molecule has 0 spiro atoms. The van der Waals surface area contributed by atoms with Gasteiger partial charge in [0.1, 0.15) is 5.78 Å². The van der Waals surface area contributed by atoms with E-state index in [0.29, 0.717) is 0 Å². The van der Waals surface area contributed by atoms with Crippen LogP contribution in [0.1, 0.15) is 18.9 Å². The number of hydrogen-bond acceptors (Lipinski definition) is 3. The van der Waals surface area contributed by atoms with Crippen molar-refractivity contribution in [1.82, 2.24) is 0 Å². The van der Waals surface area contributed by atoms with Gasteiger partial charge in [-0.15, -0.1) is 0 Å². The predicted octanol–water partition coefficient (Wildman–Crippen LogP) is 2.11. The Labute approximate surface area is 102 Å². The summed E-state index contributed by atoms with van der Waals surface area (Å²) in [6.07, 6.45) is 2.95. The molecule has 1 rings (SSSR count). The Kier molecular flexibility index (Phi) is 4.91. The average molecular weight is 233 g/mol. The zero-order chi connectivity index (χ0) is 12.8. The zero-order valence-corrected chi connectivity index (χ0v) is 10.6. The first-order valence-electron chi connectivity index (χ1n) is 5.62. The minimum atomic E-state index is -0.693. The lowest BCUT2D eigenvalue weighted by Crippen LogP contribution is -2.08. The molecule has 3 nitrogen and oxygen atoms in total. The maximum Gasteiger partial charge on any atom is 0.132 e. The fraction of sp³-hybridized carbons (Fsp3) is 0.357. The maximum absolute atomic E-state index is 10.8. The van der Waals surface area contributed by atoms with E-state index >= 15 is 0 Å². The van der Waals surface area contributed by atoms with Gasteiger partial charge in [-0.1, -0.05) is 24.3 Å². The molecule has 17 heavy (non-hydrogen) atoms. The Hall–Kier alpha value is -1.61. The number of rotatable bonds is 5. The van der Waals surface area contributed by atoms with Crippen LogP contribution in [-0.4, -0.2) is 31.1 Å². The minimum Gasteiger partial charge on any atom is -0.389 e. The van der Waals surface area contributed by atoms with E-state index in [1.807, 2.05) is 49.3 Å². The first kappa shape index (κ1) is 13.5. The maximum atomic E-state index is 10.8. The molecule has 92 valence electrons. The van der Waals surface area contributed by atoms with Gasteiger partial charge in [0.15, 0.2) is 0 Å². The van der Waals surface area contributed by atoms with Crippen molar-refractivity contribution in [3.8, 4) is 0 Å². The molecule has 0 radical (unpaired) electrons. The highest BCUT2D eigenvalue weighted by molar-refractivity contribution is 5.76. The highest BCUT2D eigenvalue weighted by Gasteiger charge is 2.02. The zero-order valence-electron chi connectivity index (χ0n) is 10.6. The first-order valence-corrected chi connectivity index (χ1v) is 5.62. The number of hydrogen-bond donors (Lipinski definition) is 1. The molecule has 1 aromatic carbocycles. The molecule has 1 N–H and O–H groups in total. The normalized spacial score (nSPS) is 12.7. The number of anilines is 1. The van der Waals surface area contributed by atoms with Crippen LogP contribution in [-0.2, 0) is 4.79 Å². The number of aliphatic hydroxyl groups excluding tert-OH is 1. The van der Waals surface area contributed by atoms with E-state index in [4.69, 9.17) is 0 Å². The Morgan fingerprint density at radius 2 is 1.94 bits per heavy atom. The average Bonchev–Trinajstić information content (AvgIpc) is 2.26. The second-order valence-corrected chi connectivity index (χ2v) is 4.32. The number of carbonyl (C=O) groups excluding carboxylic acids is 1. The van der Waals surface area contributed by atoms with E-state index in [1.165, 1.54) is 6.92 Å². The third-order valence-electron chi connectivity index (χ3n) is 2.42. The number of nitrogens with zero attached hydrogens (tertiary/aromatic N) is 1. The summed E-state index contributed by atoms with van der Waals surface area (Å²) >= 11 is 0. The molecule has 0 saturated carbocycles. The van der Waals surface area contributed by atoms with Crippen molar-refractivity contribution in [3.05, 3.63) is 35.9 Å². The van der Waals surface area contributed by atoms with Crippen molar-refractivity contribution in [2.45, 2.75) is 19.4 Å². The van der Waals surface area contributed by atoms with Crippen LogP contribution in [0, 0.1) is 0 Å². The summed E-state index contributed by atoms with van der Waals surface area (Å²) in [5.41, 5.74) is 2.14. The lowest BCUT2D eigenvalue weighted by Gasteiger charge is -2.11. The molecule has 3 heteroatoms. The van der Waals surface area contributed by atoms with Crippen molar-refractivity contribution in [2.75, 3.05) is 19.0 Å². The van der Waals surface area contributed by atoms with Gasteiger partial charge in [-0.2, -0.15) is 0 Å². The van der Waals surface area contributed by atoms with Crippen LogP contribution in [0.3, 0.4) is 0 Å². The van der Waals surface area contributed by atoms with Crippen LogP contribution in [0.25, 0.3) is 6.08 Å². The number of benzene rings is 1. The summed E-state index contributed by atoms with van der Waals surface area (Å²) in [6, 6.07) is 7.98. The molecule has 0 aliphatic carbocycles. The fourth-order valence-corrected chi connectivity index (χ4v) is 1.47. The summed E-state index contributed by atoms with van der Waals surface area (Å²) < 4.78 is 0. The molecular formula is C14H19NO2. The van der Waals surface area contributed by atoms with Gasteiger partial charge in [0.2, 0.25) is 0 Å². The molecule has 0 heterocycles. The summed E-state index contributed by atoms with van der Waals surface area (Å²) in [7, 11) is 3.98. The molecular weight excluding hydrogens is 214 g/mol. The van der Waals surface area contributed by atoms with Gasteiger partial charge in [-0.25, -0.2) is 0 Å². The fourth-order valence-electron chi connectivity index (χ4n) is 1.47. The Balaban J connectivity index is 2.62. The van der Waals surface area contributed by atoms with E-state index < -0.39 is 6.10 Å². The predicted molar refractivity (Wildman–Crippen MR) is 71.1 cm³/mol. The lowest BCUT2D eigenvalue weighted by atomic mass is 10.1. The van der Waals surface area contributed by atoms with Gasteiger partial charge >= 0.3 is 0 Å². The molecule has 1 atom stereocenters. The topological polar surface area (TPSA) is 40.5 Å². The summed E-state index contributed by atoms with van der Waals surface area (Å²) in [4.78, 5) is 12.8. The van der Waals surface area contributed by atoms with Gasteiger partial charge in [-0.05, 0) is 24.6 Å². The van der Waals surface area contributed by atoms with Crippen LogP contribution < -0.4 is 4.90 Å².